The molecule has 0 radical (unpaired) electrons. The average Bonchev–Trinajstić information content (AvgIpc) is 2.18. The fourth-order valence-corrected chi connectivity index (χ4v) is 1.04. The maximum Gasteiger partial charge on any atom is 0.306 e. The zero-order valence-electron chi connectivity index (χ0n) is 8.14. The molecule has 0 saturated heterocycles. The third-order valence-corrected chi connectivity index (χ3v) is 1.73. The van der Waals surface area contributed by atoms with E-state index in [4.69, 9.17) is 0 Å². The first kappa shape index (κ1) is 10.9. The first-order valence-electron chi connectivity index (χ1n) is 4.28. The number of amides is 1. The number of hydrogen-bond donors (Lipinski definition) is 1. The van der Waals surface area contributed by atoms with Crippen LogP contribution < -0.4 is 5.43 Å². The van der Waals surface area contributed by atoms with Crippen molar-refractivity contribution in [1.29, 1.82) is 0 Å². The van der Waals surface area contributed by atoms with E-state index in [1.807, 2.05) is 30.3 Å². The van der Waals surface area contributed by atoms with E-state index in [2.05, 4.69) is 0 Å². The minimum atomic E-state index is -0.870. The van der Waals surface area contributed by atoms with Crippen LogP contribution in [0.25, 0.3) is 6.08 Å². The smallest absolute Gasteiger partial charge is 0.264 e. The number of carbonyl (C=O) groups is 1. The van der Waals surface area contributed by atoms with Crippen molar-refractivity contribution in [3.05, 3.63) is 51.6 Å². The van der Waals surface area contributed by atoms with Gasteiger partial charge in [0.1, 0.15) is 0 Å². The largest absolute Gasteiger partial charge is 0.306 e. The van der Waals surface area contributed by atoms with E-state index >= 15 is 0 Å². The summed E-state index contributed by atoms with van der Waals surface area (Å²) in [4.78, 5) is 21.1. The Morgan fingerprint density at radius 3 is 2.53 bits per heavy atom. The second kappa shape index (κ2) is 4.90. The molecule has 0 unspecified atom stereocenters. The predicted molar refractivity (Wildman–Crippen MR) is 55.2 cm³/mol. The molecule has 1 aromatic carbocycles. The highest BCUT2D eigenvalue weighted by Crippen LogP contribution is 2.05. The van der Waals surface area contributed by atoms with Gasteiger partial charge in [0.2, 0.25) is 0 Å². The van der Waals surface area contributed by atoms with Gasteiger partial charge in [0.15, 0.2) is 5.03 Å². The molecule has 15 heavy (non-hydrogen) atoms. The topological polar surface area (TPSA) is 72.2 Å². The summed E-state index contributed by atoms with van der Waals surface area (Å²) < 4.78 is 0. The fourth-order valence-electron chi connectivity index (χ4n) is 1.04. The van der Waals surface area contributed by atoms with Crippen molar-refractivity contribution in [2.45, 2.75) is 6.92 Å². The molecule has 0 heterocycles. The third-order valence-electron chi connectivity index (χ3n) is 1.73. The quantitative estimate of drug-likeness (QED) is 0.461. The van der Waals surface area contributed by atoms with Gasteiger partial charge in [0, 0.05) is 5.57 Å². The van der Waals surface area contributed by atoms with E-state index in [1.54, 1.807) is 11.5 Å². The molecule has 1 N–H and O–H groups in total. The lowest BCUT2D eigenvalue weighted by molar-refractivity contribution is -0.529. The lowest BCUT2D eigenvalue weighted by Crippen LogP contribution is -2.29. The molecule has 0 aromatic heterocycles. The molecule has 0 saturated carbocycles. The SMILES string of the molecule is CC(=Cc1ccccc1)C(=O)N[N+](=O)[O-]. The van der Waals surface area contributed by atoms with Crippen LogP contribution in [0.15, 0.2) is 35.9 Å². The first-order valence-corrected chi connectivity index (χ1v) is 4.28. The molecule has 1 rings (SSSR count). The van der Waals surface area contributed by atoms with Gasteiger partial charge in [-0.1, -0.05) is 35.8 Å². The molecule has 0 aliphatic rings. The summed E-state index contributed by atoms with van der Waals surface area (Å²) in [5, 5.41) is 9.14. The summed E-state index contributed by atoms with van der Waals surface area (Å²) in [5.74, 6) is -0.705. The van der Waals surface area contributed by atoms with Crippen LogP contribution in [0.5, 0.6) is 0 Å². The number of carbonyl (C=O) groups excluding carboxylic acids is 1. The van der Waals surface area contributed by atoms with Crippen LogP contribution in [0.4, 0.5) is 0 Å². The normalized spacial score (nSPS) is 10.9. The fraction of sp³-hybridized carbons (Fsp3) is 0.100. The molecule has 5 nitrogen and oxygen atoms in total. The van der Waals surface area contributed by atoms with Crippen LogP contribution >= 0.6 is 0 Å². The minimum Gasteiger partial charge on any atom is -0.264 e. The number of benzene rings is 1. The van der Waals surface area contributed by atoms with Gasteiger partial charge in [-0.3, -0.25) is 4.79 Å². The molecule has 0 aliphatic carbocycles. The summed E-state index contributed by atoms with van der Waals surface area (Å²) >= 11 is 0. The maximum atomic E-state index is 11.1. The number of nitro groups is 1. The van der Waals surface area contributed by atoms with E-state index in [-0.39, 0.29) is 5.57 Å². The Balaban J connectivity index is 2.76. The summed E-state index contributed by atoms with van der Waals surface area (Å²) in [5.41, 5.74) is 2.69. The molecule has 5 heteroatoms. The van der Waals surface area contributed by atoms with Crippen LogP contribution in [0, 0.1) is 10.1 Å². The minimum absolute atomic E-state index is 0.290. The molecule has 1 amide bonds. The van der Waals surface area contributed by atoms with Gasteiger partial charge in [-0.05, 0) is 18.6 Å². The average molecular weight is 206 g/mol. The Hall–Kier alpha value is -2.17. The van der Waals surface area contributed by atoms with Gasteiger partial charge in [0.05, 0.1) is 0 Å². The number of hydrogen-bond acceptors (Lipinski definition) is 3. The van der Waals surface area contributed by atoms with E-state index < -0.39 is 10.9 Å². The van der Waals surface area contributed by atoms with Crippen LogP contribution in [0.1, 0.15) is 12.5 Å². The highest BCUT2D eigenvalue weighted by atomic mass is 16.7. The number of nitrogens with zero attached hydrogens (tertiary/aromatic N) is 1. The zero-order valence-corrected chi connectivity index (χ0v) is 8.14. The second-order valence-corrected chi connectivity index (χ2v) is 2.94. The van der Waals surface area contributed by atoms with E-state index in [0.29, 0.717) is 0 Å². The van der Waals surface area contributed by atoms with Crippen LogP contribution in [0.3, 0.4) is 0 Å². The van der Waals surface area contributed by atoms with Crippen LogP contribution in [0.2, 0.25) is 0 Å². The lowest BCUT2D eigenvalue weighted by atomic mass is 10.1. The molecule has 0 fully saturated rings. The van der Waals surface area contributed by atoms with Crippen molar-refractivity contribution >= 4 is 12.0 Å². The second-order valence-electron chi connectivity index (χ2n) is 2.94. The molecule has 0 bridgehead atoms. The molecule has 0 atom stereocenters. The van der Waals surface area contributed by atoms with Crippen molar-refractivity contribution in [3.63, 3.8) is 0 Å². The van der Waals surface area contributed by atoms with Gasteiger partial charge < -0.3 is 0 Å². The number of hydrazine groups is 1. The Labute approximate surface area is 86.5 Å². The van der Waals surface area contributed by atoms with E-state index in [9.17, 15) is 14.9 Å². The van der Waals surface area contributed by atoms with Crippen molar-refractivity contribution in [2.75, 3.05) is 0 Å². The Morgan fingerprint density at radius 2 is 2.00 bits per heavy atom. The zero-order chi connectivity index (χ0) is 11.3. The monoisotopic (exact) mass is 206 g/mol. The van der Waals surface area contributed by atoms with Gasteiger partial charge in [-0.25, -0.2) is 10.1 Å². The van der Waals surface area contributed by atoms with Crippen molar-refractivity contribution in [3.8, 4) is 0 Å². The van der Waals surface area contributed by atoms with Gasteiger partial charge in [-0.2, -0.15) is 0 Å². The van der Waals surface area contributed by atoms with Gasteiger partial charge >= 0.3 is 5.91 Å². The summed E-state index contributed by atoms with van der Waals surface area (Å²) in [6.07, 6.45) is 1.58. The van der Waals surface area contributed by atoms with Crippen LogP contribution in [-0.2, 0) is 4.79 Å². The molecule has 78 valence electrons. The number of nitrogens with one attached hydrogen (secondary N) is 1. The molecule has 0 spiro atoms. The van der Waals surface area contributed by atoms with Gasteiger partial charge in [0.25, 0.3) is 0 Å². The maximum absolute atomic E-state index is 11.1. The highest BCUT2D eigenvalue weighted by Gasteiger charge is 2.08. The predicted octanol–water partition coefficient (Wildman–Crippen LogP) is 1.40. The molecule has 1 aromatic rings. The Kier molecular flexibility index (Phi) is 3.56. The summed E-state index contributed by atoms with van der Waals surface area (Å²) in [6, 6.07) is 9.12. The molecule has 0 aliphatic heterocycles. The van der Waals surface area contributed by atoms with E-state index in [0.717, 1.165) is 5.56 Å². The number of rotatable bonds is 3. The molecular formula is C10H10N2O3. The van der Waals surface area contributed by atoms with E-state index in [1.165, 1.54) is 6.92 Å². The van der Waals surface area contributed by atoms with Gasteiger partial charge in [-0.15, -0.1) is 0 Å². The van der Waals surface area contributed by atoms with Crippen molar-refractivity contribution in [1.82, 2.24) is 5.43 Å². The van der Waals surface area contributed by atoms with Crippen molar-refractivity contribution < 1.29 is 9.83 Å². The Bertz CT molecular complexity index is 398. The lowest BCUT2D eigenvalue weighted by Gasteiger charge is -1.97. The first-order chi connectivity index (χ1) is 7.09. The molecular weight excluding hydrogens is 196 g/mol. The van der Waals surface area contributed by atoms with Crippen LogP contribution in [-0.4, -0.2) is 10.9 Å². The summed E-state index contributed by atoms with van der Waals surface area (Å²) in [6.45, 7) is 1.52. The standard InChI is InChI=1S/C10H10N2O3/c1-8(10(13)11-12(14)15)7-9-5-3-2-4-6-9/h2-7H,1H3,(H,11,13). The summed E-state index contributed by atoms with van der Waals surface area (Å²) in [7, 11) is 0. The third kappa shape index (κ3) is 3.60. The highest BCUT2D eigenvalue weighted by molar-refractivity contribution is 5.96. The Morgan fingerprint density at radius 1 is 1.40 bits per heavy atom. The van der Waals surface area contributed by atoms with Crippen molar-refractivity contribution in [2.24, 2.45) is 0 Å².